The van der Waals surface area contributed by atoms with Gasteiger partial charge in [0.25, 0.3) is 0 Å². The topological polar surface area (TPSA) is 70.7 Å². The van der Waals surface area contributed by atoms with Crippen molar-refractivity contribution in [3.05, 3.63) is 66.2 Å². The van der Waals surface area contributed by atoms with Crippen molar-refractivity contribution in [3.8, 4) is 11.4 Å². The molecule has 0 fully saturated rings. The lowest BCUT2D eigenvalue weighted by Crippen LogP contribution is -2.33. The van der Waals surface area contributed by atoms with Gasteiger partial charge in [-0.3, -0.25) is 9.89 Å². The number of benzene rings is 2. The molecule has 134 valence electrons. The van der Waals surface area contributed by atoms with Crippen LogP contribution in [0.25, 0.3) is 11.4 Å². The van der Waals surface area contributed by atoms with Gasteiger partial charge in [-0.25, -0.2) is 4.98 Å². The third-order valence-electron chi connectivity index (χ3n) is 4.11. The summed E-state index contributed by atoms with van der Waals surface area (Å²) < 4.78 is 0. The summed E-state index contributed by atoms with van der Waals surface area (Å²) >= 11 is 1.35. The first kappa shape index (κ1) is 18.2. The summed E-state index contributed by atoms with van der Waals surface area (Å²) in [5.74, 6) is 0.966. The largest absolute Gasteiger partial charge is 0.355 e. The maximum Gasteiger partial charge on any atom is 0.233 e. The van der Waals surface area contributed by atoms with Crippen molar-refractivity contribution in [2.75, 3.05) is 6.54 Å². The molecule has 3 rings (SSSR count). The number of carbonyl (C=O) groups excluding carboxylic acids is 1. The molecule has 0 radical (unpaired) electrons. The molecular weight excluding hydrogens is 344 g/mol. The number of nitrogens with zero attached hydrogens (tertiary/aromatic N) is 2. The van der Waals surface area contributed by atoms with E-state index in [1.165, 1.54) is 17.3 Å². The van der Waals surface area contributed by atoms with Crippen molar-refractivity contribution in [2.45, 2.75) is 30.2 Å². The Morgan fingerprint density at radius 2 is 1.73 bits per heavy atom. The second-order valence-corrected chi connectivity index (χ2v) is 7.46. The van der Waals surface area contributed by atoms with E-state index < -0.39 is 0 Å². The Kier molecular flexibility index (Phi) is 6.07. The average molecular weight is 366 g/mol. The smallest absolute Gasteiger partial charge is 0.233 e. The standard InChI is InChI=1S/C20H22N4OS/c1-14(16-9-5-3-6-10-16)13-21-19(25)15(2)26-20-22-18(23-24-20)17-11-7-4-8-12-17/h3-12,14-15H,13H2,1-2H3,(H,21,25)(H,22,23,24)/t14-,15-/m0/s1. The fraction of sp³-hybridized carbons (Fsp3) is 0.250. The summed E-state index contributed by atoms with van der Waals surface area (Å²) in [6.07, 6.45) is 0. The second kappa shape index (κ2) is 8.67. The van der Waals surface area contributed by atoms with Crippen molar-refractivity contribution < 1.29 is 4.79 Å². The molecule has 1 heterocycles. The zero-order valence-corrected chi connectivity index (χ0v) is 15.7. The summed E-state index contributed by atoms with van der Waals surface area (Å²) in [6.45, 7) is 4.58. The molecule has 5 nitrogen and oxygen atoms in total. The highest BCUT2D eigenvalue weighted by atomic mass is 32.2. The predicted octanol–water partition coefficient (Wildman–Crippen LogP) is 3.87. The lowest BCUT2D eigenvalue weighted by Gasteiger charge is -2.15. The highest BCUT2D eigenvalue weighted by molar-refractivity contribution is 8.00. The molecule has 2 N–H and O–H groups in total. The molecule has 2 aromatic carbocycles. The van der Waals surface area contributed by atoms with E-state index in [9.17, 15) is 4.79 Å². The zero-order valence-electron chi connectivity index (χ0n) is 14.8. The van der Waals surface area contributed by atoms with Crippen LogP contribution < -0.4 is 5.32 Å². The van der Waals surface area contributed by atoms with Crippen LogP contribution in [0.4, 0.5) is 0 Å². The van der Waals surface area contributed by atoms with Crippen molar-refractivity contribution in [1.29, 1.82) is 0 Å². The van der Waals surface area contributed by atoms with E-state index in [0.29, 0.717) is 17.5 Å². The van der Waals surface area contributed by atoms with E-state index in [0.717, 1.165) is 5.56 Å². The predicted molar refractivity (Wildman–Crippen MR) is 105 cm³/mol. The first-order valence-corrected chi connectivity index (χ1v) is 9.48. The zero-order chi connectivity index (χ0) is 18.4. The number of amides is 1. The molecule has 0 spiro atoms. The summed E-state index contributed by atoms with van der Waals surface area (Å²) in [4.78, 5) is 16.8. The molecule has 0 aliphatic carbocycles. The van der Waals surface area contributed by atoms with E-state index in [1.54, 1.807) is 0 Å². The van der Waals surface area contributed by atoms with E-state index in [2.05, 4.69) is 39.6 Å². The number of carbonyl (C=O) groups is 1. The number of hydrogen-bond acceptors (Lipinski definition) is 4. The number of nitrogens with one attached hydrogen (secondary N) is 2. The lowest BCUT2D eigenvalue weighted by molar-refractivity contribution is -0.120. The van der Waals surface area contributed by atoms with Gasteiger partial charge in [0.2, 0.25) is 11.1 Å². The maximum atomic E-state index is 12.4. The van der Waals surface area contributed by atoms with Crippen LogP contribution in [0.3, 0.4) is 0 Å². The summed E-state index contributed by atoms with van der Waals surface area (Å²) in [5, 5.41) is 10.4. The van der Waals surface area contributed by atoms with Gasteiger partial charge in [0.15, 0.2) is 5.82 Å². The molecule has 1 aromatic heterocycles. The Morgan fingerprint density at radius 1 is 1.08 bits per heavy atom. The Balaban J connectivity index is 1.52. The molecule has 6 heteroatoms. The minimum absolute atomic E-state index is 0.0103. The fourth-order valence-electron chi connectivity index (χ4n) is 2.53. The molecule has 0 saturated heterocycles. The Morgan fingerprint density at radius 3 is 2.42 bits per heavy atom. The Bertz CT molecular complexity index is 835. The number of H-pyrrole nitrogens is 1. The Labute approximate surface area is 157 Å². The van der Waals surface area contributed by atoms with Crippen molar-refractivity contribution >= 4 is 17.7 Å². The number of thioether (sulfide) groups is 1. The van der Waals surface area contributed by atoms with E-state index in [-0.39, 0.29) is 17.1 Å². The molecule has 0 unspecified atom stereocenters. The third-order valence-corrected chi connectivity index (χ3v) is 5.08. The van der Waals surface area contributed by atoms with Gasteiger partial charge in [0.05, 0.1) is 5.25 Å². The van der Waals surface area contributed by atoms with E-state index in [1.807, 2.05) is 55.5 Å². The SMILES string of the molecule is C[C@H](Sc1n[nH]c(-c2ccccc2)n1)C(=O)NC[C@H](C)c1ccccc1. The summed E-state index contributed by atoms with van der Waals surface area (Å²) in [7, 11) is 0. The fourth-order valence-corrected chi connectivity index (χ4v) is 3.28. The Hall–Kier alpha value is -2.60. The van der Waals surface area contributed by atoms with Gasteiger partial charge >= 0.3 is 0 Å². The van der Waals surface area contributed by atoms with Crippen LogP contribution in [0, 0.1) is 0 Å². The minimum Gasteiger partial charge on any atom is -0.355 e. The molecule has 0 aliphatic rings. The molecule has 0 aliphatic heterocycles. The normalized spacial score (nSPS) is 13.2. The first-order chi connectivity index (χ1) is 12.6. The molecule has 3 aromatic rings. The third kappa shape index (κ3) is 4.73. The van der Waals surface area contributed by atoms with Gasteiger partial charge in [0, 0.05) is 12.1 Å². The van der Waals surface area contributed by atoms with Gasteiger partial charge in [-0.2, -0.15) is 0 Å². The van der Waals surface area contributed by atoms with E-state index >= 15 is 0 Å². The van der Waals surface area contributed by atoms with Crippen LogP contribution in [0.2, 0.25) is 0 Å². The van der Waals surface area contributed by atoms with Gasteiger partial charge in [-0.1, -0.05) is 79.3 Å². The summed E-state index contributed by atoms with van der Waals surface area (Å²) in [5.41, 5.74) is 2.19. The van der Waals surface area contributed by atoms with Gasteiger partial charge < -0.3 is 5.32 Å². The minimum atomic E-state index is -0.266. The molecular formula is C20H22N4OS. The highest BCUT2D eigenvalue weighted by Crippen LogP contribution is 2.22. The van der Waals surface area contributed by atoms with Gasteiger partial charge in [0.1, 0.15) is 0 Å². The van der Waals surface area contributed by atoms with Crippen molar-refractivity contribution in [3.63, 3.8) is 0 Å². The second-order valence-electron chi connectivity index (χ2n) is 6.15. The average Bonchev–Trinajstić information content (AvgIpc) is 3.15. The van der Waals surface area contributed by atoms with Gasteiger partial charge in [-0.05, 0) is 18.4 Å². The highest BCUT2D eigenvalue weighted by Gasteiger charge is 2.18. The van der Waals surface area contributed by atoms with Crippen LogP contribution in [0.5, 0.6) is 0 Å². The molecule has 26 heavy (non-hydrogen) atoms. The lowest BCUT2D eigenvalue weighted by atomic mass is 10.0. The number of aromatic amines is 1. The molecule has 0 bridgehead atoms. The molecule has 0 saturated carbocycles. The number of aromatic nitrogens is 3. The van der Waals surface area contributed by atoms with Crippen molar-refractivity contribution in [2.24, 2.45) is 0 Å². The number of hydrogen-bond donors (Lipinski definition) is 2. The molecule has 1 amide bonds. The van der Waals surface area contributed by atoms with Gasteiger partial charge in [-0.15, -0.1) is 5.10 Å². The molecule has 2 atom stereocenters. The van der Waals surface area contributed by atoms with Crippen LogP contribution >= 0.6 is 11.8 Å². The van der Waals surface area contributed by atoms with Crippen LogP contribution in [-0.4, -0.2) is 32.9 Å². The first-order valence-electron chi connectivity index (χ1n) is 8.60. The van der Waals surface area contributed by atoms with Crippen LogP contribution in [-0.2, 0) is 4.79 Å². The number of rotatable bonds is 7. The maximum absolute atomic E-state index is 12.4. The summed E-state index contributed by atoms with van der Waals surface area (Å²) in [6, 6.07) is 20.0. The van der Waals surface area contributed by atoms with E-state index in [4.69, 9.17) is 0 Å². The quantitative estimate of drug-likeness (QED) is 0.623. The van der Waals surface area contributed by atoms with Crippen molar-refractivity contribution in [1.82, 2.24) is 20.5 Å². The monoisotopic (exact) mass is 366 g/mol. The van der Waals surface area contributed by atoms with Crippen LogP contribution in [0.15, 0.2) is 65.8 Å². The van der Waals surface area contributed by atoms with Crippen LogP contribution in [0.1, 0.15) is 25.3 Å².